The highest BCUT2D eigenvalue weighted by atomic mass is 32.2. The molecule has 0 aromatic carbocycles. The van der Waals surface area contributed by atoms with Crippen molar-refractivity contribution in [1.29, 1.82) is 0 Å². The number of hydrogen-bond donors (Lipinski definition) is 1. The number of rotatable bonds is 6. The van der Waals surface area contributed by atoms with Crippen molar-refractivity contribution in [2.24, 2.45) is 5.41 Å². The van der Waals surface area contributed by atoms with E-state index in [4.69, 9.17) is 4.74 Å². The SMILES string of the molecule is CC(Cn1cccn1)NS(=O)(=O)CC1CC2(CCCC2)CO1. The molecule has 0 amide bonds. The lowest BCUT2D eigenvalue weighted by Crippen LogP contribution is -2.39. The predicted octanol–water partition coefficient (Wildman–Crippen LogP) is 1.54. The third kappa shape index (κ3) is 3.88. The van der Waals surface area contributed by atoms with E-state index in [0.717, 1.165) is 13.0 Å². The van der Waals surface area contributed by atoms with E-state index in [9.17, 15) is 8.42 Å². The summed E-state index contributed by atoms with van der Waals surface area (Å²) in [6, 6.07) is 1.64. The Balaban J connectivity index is 1.50. The monoisotopic (exact) mass is 327 g/mol. The maximum Gasteiger partial charge on any atom is 0.214 e. The van der Waals surface area contributed by atoms with Gasteiger partial charge in [0.05, 0.1) is 25.0 Å². The van der Waals surface area contributed by atoms with Gasteiger partial charge in [-0.3, -0.25) is 4.68 Å². The summed E-state index contributed by atoms with van der Waals surface area (Å²) in [7, 11) is -3.33. The third-order valence-corrected chi connectivity index (χ3v) is 6.33. The molecule has 1 N–H and O–H groups in total. The molecule has 2 unspecified atom stereocenters. The molecule has 2 heterocycles. The van der Waals surface area contributed by atoms with Crippen LogP contribution in [0.3, 0.4) is 0 Å². The average Bonchev–Trinajstić information content (AvgIpc) is 3.13. The molecule has 1 aromatic heterocycles. The van der Waals surface area contributed by atoms with Crippen LogP contribution in [0, 0.1) is 5.41 Å². The molecular weight excluding hydrogens is 302 g/mol. The minimum atomic E-state index is -3.33. The van der Waals surface area contributed by atoms with Gasteiger partial charge in [-0.15, -0.1) is 0 Å². The molecule has 1 saturated heterocycles. The Morgan fingerprint density at radius 3 is 2.91 bits per heavy atom. The van der Waals surface area contributed by atoms with E-state index in [1.807, 2.05) is 19.2 Å². The molecule has 2 atom stereocenters. The Bertz CT molecular complexity index is 579. The van der Waals surface area contributed by atoms with Crippen LogP contribution in [0.4, 0.5) is 0 Å². The first kappa shape index (κ1) is 16.0. The predicted molar refractivity (Wildman–Crippen MR) is 83.9 cm³/mol. The van der Waals surface area contributed by atoms with Crippen LogP contribution in [0.15, 0.2) is 18.5 Å². The molecule has 3 rings (SSSR count). The van der Waals surface area contributed by atoms with Gasteiger partial charge in [-0.05, 0) is 37.7 Å². The maximum atomic E-state index is 12.3. The Labute approximate surface area is 132 Å². The van der Waals surface area contributed by atoms with Crippen LogP contribution < -0.4 is 4.72 Å². The van der Waals surface area contributed by atoms with Gasteiger partial charge in [-0.1, -0.05) is 12.8 Å². The smallest absolute Gasteiger partial charge is 0.214 e. The second-order valence-corrected chi connectivity index (χ2v) is 8.67. The lowest BCUT2D eigenvalue weighted by molar-refractivity contribution is 0.108. The molecule has 2 fully saturated rings. The molecule has 0 radical (unpaired) electrons. The Kier molecular flexibility index (Phi) is 4.56. The zero-order valence-electron chi connectivity index (χ0n) is 13.1. The van der Waals surface area contributed by atoms with Crippen molar-refractivity contribution in [2.75, 3.05) is 12.4 Å². The van der Waals surface area contributed by atoms with Crippen molar-refractivity contribution in [3.05, 3.63) is 18.5 Å². The topological polar surface area (TPSA) is 73.2 Å². The second kappa shape index (κ2) is 6.29. The first-order chi connectivity index (χ1) is 10.5. The van der Waals surface area contributed by atoms with Crippen LogP contribution in [-0.4, -0.2) is 42.7 Å². The van der Waals surface area contributed by atoms with Crippen LogP contribution in [0.1, 0.15) is 39.0 Å². The molecule has 124 valence electrons. The summed E-state index contributed by atoms with van der Waals surface area (Å²) < 4.78 is 34.9. The van der Waals surface area contributed by atoms with E-state index in [2.05, 4.69) is 9.82 Å². The molecule has 1 aliphatic carbocycles. The van der Waals surface area contributed by atoms with Crippen LogP contribution in [0.25, 0.3) is 0 Å². The molecule has 1 aliphatic heterocycles. The van der Waals surface area contributed by atoms with Gasteiger partial charge < -0.3 is 4.74 Å². The Morgan fingerprint density at radius 2 is 2.23 bits per heavy atom. The van der Waals surface area contributed by atoms with Crippen molar-refractivity contribution >= 4 is 10.0 Å². The first-order valence-electron chi connectivity index (χ1n) is 8.05. The highest BCUT2D eigenvalue weighted by Crippen LogP contribution is 2.46. The Hall–Kier alpha value is -0.920. The number of sulfonamides is 1. The quantitative estimate of drug-likeness (QED) is 0.860. The summed E-state index contributed by atoms with van der Waals surface area (Å²) in [6.45, 7) is 3.12. The molecule has 2 aliphatic rings. The number of aromatic nitrogens is 2. The number of nitrogens with one attached hydrogen (secondary N) is 1. The summed E-state index contributed by atoms with van der Waals surface area (Å²) in [5, 5.41) is 4.09. The van der Waals surface area contributed by atoms with Gasteiger partial charge in [0.2, 0.25) is 10.0 Å². The van der Waals surface area contributed by atoms with Gasteiger partial charge in [0.15, 0.2) is 0 Å². The third-order valence-electron chi connectivity index (χ3n) is 4.76. The zero-order chi connectivity index (χ0) is 15.6. The van der Waals surface area contributed by atoms with Gasteiger partial charge >= 0.3 is 0 Å². The van der Waals surface area contributed by atoms with Crippen LogP contribution in [0.5, 0.6) is 0 Å². The molecule has 22 heavy (non-hydrogen) atoms. The number of hydrogen-bond acceptors (Lipinski definition) is 4. The van der Waals surface area contributed by atoms with Crippen molar-refractivity contribution in [1.82, 2.24) is 14.5 Å². The van der Waals surface area contributed by atoms with Crippen molar-refractivity contribution in [3.63, 3.8) is 0 Å². The fourth-order valence-corrected chi connectivity index (χ4v) is 5.29. The molecule has 1 saturated carbocycles. The lowest BCUT2D eigenvalue weighted by atomic mass is 9.84. The van der Waals surface area contributed by atoms with Gasteiger partial charge in [0.1, 0.15) is 0 Å². The normalized spacial score (nSPS) is 25.8. The van der Waals surface area contributed by atoms with Crippen molar-refractivity contribution in [3.8, 4) is 0 Å². The lowest BCUT2D eigenvalue weighted by Gasteiger charge is -2.20. The van der Waals surface area contributed by atoms with Gasteiger partial charge in [0.25, 0.3) is 0 Å². The fourth-order valence-electron chi connectivity index (χ4n) is 3.80. The molecule has 1 spiro atoms. The molecule has 6 nitrogen and oxygen atoms in total. The second-order valence-electron chi connectivity index (χ2n) is 6.87. The van der Waals surface area contributed by atoms with E-state index < -0.39 is 10.0 Å². The van der Waals surface area contributed by atoms with Crippen LogP contribution in [0.2, 0.25) is 0 Å². The van der Waals surface area contributed by atoms with Crippen LogP contribution in [-0.2, 0) is 21.3 Å². The van der Waals surface area contributed by atoms with E-state index in [1.54, 1.807) is 10.9 Å². The van der Waals surface area contributed by atoms with Gasteiger partial charge in [-0.2, -0.15) is 5.10 Å². The van der Waals surface area contributed by atoms with Crippen LogP contribution >= 0.6 is 0 Å². The van der Waals surface area contributed by atoms with E-state index in [-0.39, 0.29) is 23.3 Å². The minimum Gasteiger partial charge on any atom is -0.377 e. The van der Waals surface area contributed by atoms with E-state index >= 15 is 0 Å². The summed E-state index contributed by atoms with van der Waals surface area (Å²) in [5.41, 5.74) is 0.265. The largest absolute Gasteiger partial charge is 0.377 e. The van der Waals surface area contributed by atoms with Crippen molar-refractivity contribution < 1.29 is 13.2 Å². The Morgan fingerprint density at radius 1 is 1.45 bits per heavy atom. The zero-order valence-corrected chi connectivity index (χ0v) is 13.9. The minimum absolute atomic E-state index is 0.0677. The highest BCUT2D eigenvalue weighted by molar-refractivity contribution is 7.89. The number of ether oxygens (including phenoxy) is 1. The summed E-state index contributed by atoms with van der Waals surface area (Å²) in [6.07, 6.45) is 9.13. The average molecular weight is 327 g/mol. The summed E-state index contributed by atoms with van der Waals surface area (Å²) in [4.78, 5) is 0. The highest BCUT2D eigenvalue weighted by Gasteiger charge is 2.43. The molecular formula is C15H25N3O3S. The van der Waals surface area contributed by atoms with Crippen molar-refractivity contribution in [2.45, 2.75) is 57.7 Å². The molecule has 7 heteroatoms. The summed E-state index contributed by atoms with van der Waals surface area (Å²) >= 11 is 0. The first-order valence-corrected chi connectivity index (χ1v) is 9.71. The van der Waals surface area contributed by atoms with E-state index in [1.165, 1.54) is 25.7 Å². The molecule has 1 aromatic rings. The standard InChI is InChI=1S/C15H25N3O3S/c1-13(10-18-8-4-7-16-18)17-22(19,20)11-14-9-15(12-21-14)5-2-3-6-15/h4,7-8,13-14,17H,2-3,5-6,9-12H2,1H3. The van der Waals surface area contributed by atoms with Gasteiger partial charge in [0, 0.05) is 18.4 Å². The molecule has 0 bridgehead atoms. The fraction of sp³-hybridized carbons (Fsp3) is 0.800. The van der Waals surface area contributed by atoms with E-state index in [0.29, 0.717) is 6.54 Å². The summed E-state index contributed by atoms with van der Waals surface area (Å²) in [5.74, 6) is 0.0677. The maximum absolute atomic E-state index is 12.3. The van der Waals surface area contributed by atoms with Gasteiger partial charge in [-0.25, -0.2) is 13.1 Å². The number of nitrogens with zero attached hydrogens (tertiary/aromatic N) is 2.